The number of carbonyl (C=O) groups is 2. The lowest BCUT2D eigenvalue weighted by atomic mass is 10.1. The SMILES string of the molecule is COC(=O)c1ccc(C)c(NC(=O)[C@H](C)N(c2cc(C)ccc2OC)S(C)(=O)=O)c1. The fourth-order valence-electron chi connectivity index (χ4n) is 2.99. The van der Waals surface area contributed by atoms with Crippen molar-refractivity contribution in [1.82, 2.24) is 0 Å². The number of anilines is 2. The number of amides is 1. The van der Waals surface area contributed by atoms with E-state index in [1.165, 1.54) is 27.2 Å². The number of nitrogens with zero attached hydrogens (tertiary/aromatic N) is 1. The number of rotatable bonds is 7. The van der Waals surface area contributed by atoms with Crippen molar-refractivity contribution in [3.63, 3.8) is 0 Å². The smallest absolute Gasteiger partial charge is 0.337 e. The Morgan fingerprint density at radius 2 is 1.73 bits per heavy atom. The van der Waals surface area contributed by atoms with Crippen molar-refractivity contribution >= 4 is 33.3 Å². The molecule has 1 atom stereocenters. The highest BCUT2D eigenvalue weighted by atomic mass is 32.2. The van der Waals surface area contributed by atoms with Crippen LogP contribution in [0.25, 0.3) is 0 Å². The molecule has 0 spiro atoms. The fourth-order valence-corrected chi connectivity index (χ4v) is 4.16. The summed E-state index contributed by atoms with van der Waals surface area (Å²) < 4.78 is 36.2. The van der Waals surface area contributed by atoms with Crippen LogP contribution in [-0.4, -0.2) is 46.8 Å². The van der Waals surface area contributed by atoms with Gasteiger partial charge in [0.2, 0.25) is 15.9 Å². The Bertz CT molecular complexity index is 1070. The summed E-state index contributed by atoms with van der Waals surface area (Å²) in [6.45, 7) is 5.06. The molecule has 2 rings (SSSR count). The van der Waals surface area contributed by atoms with Crippen LogP contribution in [0.1, 0.15) is 28.4 Å². The van der Waals surface area contributed by atoms with E-state index in [2.05, 4.69) is 5.32 Å². The number of aryl methyl sites for hydroxylation is 2. The number of sulfonamides is 1. The van der Waals surface area contributed by atoms with Gasteiger partial charge in [0.1, 0.15) is 11.8 Å². The van der Waals surface area contributed by atoms with Crippen LogP contribution >= 0.6 is 0 Å². The minimum absolute atomic E-state index is 0.266. The quantitative estimate of drug-likeness (QED) is 0.673. The molecule has 8 nitrogen and oxygen atoms in total. The van der Waals surface area contributed by atoms with E-state index in [-0.39, 0.29) is 11.3 Å². The summed E-state index contributed by atoms with van der Waals surface area (Å²) in [5.74, 6) is -0.774. The van der Waals surface area contributed by atoms with Gasteiger partial charge in [0.15, 0.2) is 0 Å². The zero-order chi connectivity index (χ0) is 22.6. The molecule has 30 heavy (non-hydrogen) atoms. The van der Waals surface area contributed by atoms with Gasteiger partial charge in [-0.25, -0.2) is 13.2 Å². The Balaban J connectivity index is 2.44. The molecule has 1 N–H and O–H groups in total. The molecular formula is C21H26N2O6S. The van der Waals surface area contributed by atoms with Crippen molar-refractivity contribution in [1.29, 1.82) is 0 Å². The van der Waals surface area contributed by atoms with E-state index in [1.54, 1.807) is 37.3 Å². The normalized spacial score (nSPS) is 12.1. The van der Waals surface area contributed by atoms with Gasteiger partial charge in [-0.15, -0.1) is 0 Å². The summed E-state index contributed by atoms with van der Waals surface area (Å²) in [5, 5.41) is 2.71. The monoisotopic (exact) mass is 434 g/mol. The fraction of sp³-hybridized carbons (Fsp3) is 0.333. The molecule has 2 aromatic rings. The third-order valence-corrected chi connectivity index (χ3v) is 5.80. The van der Waals surface area contributed by atoms with E-state index >= 15 is 0 Å². The van der Waals surface area contributed by atoms with Gasteiger partial charge in [-0.1, -0.05) is 12.1 Å². The van der Waals surface area contributed by atoms with Crippen molar-refractivity contribution < 1.29 is 27.5 Å². The first-order valence-corrected chi connectivity index (χ1v) is 11.0. The second-order valence-corrected chi connectivity index (χ2v) is 8.78. The first-order chi connectivity index (χ1) is 14.0. The van der Waals surface area contributed by atoms with E-state index in [0.717, 1.165) is 16.1 Å². The molecular weight excluding hydrogens is 408 g/mol. The molecule has 0 aromatic heterocycles. The molecule has 0 saturated heterocycles. The van der Waals surface area contributed by atoms with Gasteiger partial charge in [-0.2, -0.15) is 0 Å². The van der Waals surface area contributed by atoms with E-state index in [9.17, 15) is 18.0 Å². The van der Waals surface area contributed by atoms with Gasteiger partial charge in [-0.05, 0) is 56.2 Å². The maximum Gasteiger partial charge on any atom is 0.337 e. The van der Waals surface area contributed by atoms with E-state index in [4.69, 9.17) is 9.47 Å². The molecule has 0 aliphatic rings. The van der Waals surface area contributed by atoms with Gasteiger partial charge in [0.25, 0.3) is 0 Å². The molecule has 0 aliphatic carbocycles. The largest absolute Gasteiger partial charge is 0.495 e. The lowest BCUT2D eigenvalue weighted by molar-refractivity contribution is -0.116. The van der Waals surface area contributed by atoms with Crippen molar-refractivity contribution in [2.45, 2.75) is 26.8 Å². The predicted molar refractivity (Wildman–Crippen MR) is 116 cm³/mol. The molecule has 0 bridgehead atoms. The molecule has 0 saturated carbocycles. The third-order valence-electron chi connectivity index (χ3n) is 4.58. The molecule has 0 radical (unpaired) electrons. The average Bonchev–Trinajstić information content (AvgIpc) is 2.68. The summed E-state index contributed by atoms with van der Waals surface area (Å²) in [7, 11) is -1.12. The molecule has 0 unspecified atom stereocenters. The topological polar surface area (TPSA) is 102 Å². The summed E-state index contributed by atoms with van der Waals surface area (Å²) in [6, 6.07) is 8.74. The van der Waals surface area contributed by atoms with Gasteiger partial charge in [0, 0.05) is 5.69 Å². The lowest BCUT2D eigenvalue weighted by Crippen LogP contribution is -2.45. The second kappa shape index (κ2) is 9.17. The summed E-state index contributed by atoms with van der Waals surface area (Å²) in [6.07, 6.45) is 1.03. The van der Waals surface area contributed by atoms with Crippen LogP contribution in [0.3, 0.4) is 0 Å². The van der Waals surface area contributed by atoms with Gasteiger partial charge >= 0.3 is 5.97 Å². The van der Waals surface area contributed by atoms with Gasteiger partial charge < -0.3 is 14.8 Å². The maximum atomic E-state index is 13.0. The Hall–Kier alpha value is -3.07. The lowest BCUT2D eigenvalue weighted by Gasteiger charge is -2.29. The van der Waals surface area contributed by atoms with Crippen LogP contribution in [0.4, 0.5) is 11.4 Å². The first kappa shape index (κ1) is 23.2. The molecule has 0 aliphatic heterocycles. The Kier molecular flexibility index (Phi) is 7.09. The third kappa shape index (κ3) is 5.10. The van der Waals surface area contributed by atoms with Crippen molar-refractivity contribution in [3.8, 4) is 5.75 Å². The van der Waals surface area contributed by atoms with Crippen LogP contribution < -0.4 is 14.4 Å². The predicted octanol–water partition coefficient (Wildman–Crippen LogP) is 2.89. The summed E-state index contributed by atoms with van der Waals surface area (Å²) in [4.78, 5) is 24.8. The van der Waals surface area contributed by atoms with Crippen LogP contribution in [-0.2, 0) is 19.6 Å². The van der Waals surface area contributed by atoms with E-state index in [0.29, 0.717) is 17.0 Å². The molecule has 0 heterocycles. The number of carbonyl (C=O) groups excluding carboxylic acids is 2. The molecule has 162 valence electrons. The molecule has 0 fully saturated rings. The Morgan fingerprint density at radius 3 is 2.30 bits per heavy atom. The van der Waals surface area contributed by atoms with Crippen LogP contribution in [0, 0.1) is 13.8 Å². The number of nitrogens with one attached hydrogen (secondary N) is 1. The van der Waals surface area contributed by atoms with E-state index < -0.39 is 27.9 Å². The van der Waals surface area contributed by atoms with Crippen LogP contribution in [0.15, 0.2) is 36.4 Å². The average molecular weight is 435 g/mol. The minimum atomic E-state index is -3.82. The van der Waals surface area contributed by atoms with Crippen LogP contribution in [0.2, 0.25) is 0 Å². The van der Waals surface area contributed by atoms with Crippen molar-refractivity contribution in [2.75, 3.05) is 30.1 Å². The zero-order valence-corrected chi connectivity index (χ0v) is 18.7. The Labute approximate surface area is 176 Å². The Morgan fingerprint density at radius 1 is 1.07 bits per heavy atom. The summed E-state index contributed by atoms with van der Waals surface area (Å²) in [5.41, 5.74) is 2.45. The number of hydrogen-bond acceptors (Lipinski definition) is 6. The van der Waals surface area contributed by atoms with Crippen LogP contribution in [0.5, 0.6) is 5.75 Å². The molecule has 9 heteroatoms. The number of hydrogen-bond donors (Lipinski definition) is 1. The standard InChI is InChI=1S/C21H26N2O6S/c1-13-7-10-19(28-4)18(11-13)23(30(6,26)27)15(3)20(24)22-17-12-16(21(25)29-5)9-8-14(17)2/h7-12,15H,1-6H3,(H,22,24)/t15-/m0/s1. The van der Waals surface area contributed by atoms with Gasteiger partial charge in [0.05, 0.1) is 31.7 Å². The number of benzene rings is 2. The van der Waals surface area contributed by atoms with E-state index in [1.807, 2.05) is 6.92 Å². The summed E-state index contributed by atoms with van der Waals surface area (Å²) >= 11 is 0. The van der Waals surface area contributed by atoms with Gasteiger partial charge in [-0.3, -0.25) is 9.10 Å². The minimum Gasteiger partial charge on any atom is -0.495 e. The van der Waals surface area contributed by atoms with Crippen molar-refractivity contribution in [2.24, 2.45) is 0 Å². The number of methoxy groups -OCH3 is 2. The highest BCUT2D eigenvalue weighted by Crippen LogP contribution is 2.33. The first-order valence-electron chi connectivity index (χ1n) is 9.13. The number of esters is 1. The second-order valence-electron chi connectivity index (χ2n) is 6.92. The molecule has 1 amide bonds. The van der Waals surface area contributed by atoms with Crippen molar-refractivity contribution in [3.05, 3.63) is 53.1 Å². The highest BCUT2D eigenvalue weighted by molar-refractivity contribution is 7.92. The number of ether oxygens (including phenoxy) is 2. The highest BCUT2D eigenvalue weighted by Gasteiger charge is 2.31. The maximum absolute atomic E-state index is 13.0. The zero-order valence-electron chi connectivity index (χ0n) is 17.8. The molecule has 2 aromatic carbocycles.